The fourth-order valence-corrected chi connectivity index (χ4v) is 6.06. The molecule has 0 radical (unpaired) electrons. The summed E-state index contributed by atoms with van der Waals surface area (Å²) in [4.78, 5) is 39.1. The number of fused-ring (bicyclic) bond motifs is 3. The summed E-state index contributed by atoms with van der Waals surface area (Å²) in [6.07, 6.45) is 4.30. The van der Waals surface area contributed by atoms with Crippen molar-refractivity contribution in [2.45, 2.75) is 56.4 Å². The van der Waals surface area contributed by atoms with E-state index in [1.807, 2.05) is 24.3 Å². The molecule has 0 spiro atoms. The third-order valence-corrected chi connectivity index (χ3v) is 7.88. The summed E-state index contributed by atoms with van der Waals surface area (Å²) >= 11 is 0. The van der Waals surface area contributed by atoms with Crippen LogP contribution in [0.1, 0.15) is 62.0 Å². The number of nitrogens with one attached hydrogen (secondary N) is 1. The van der Waals surface area contributed by atoms with Crippen LogP contribution >= 0.6 is 0 Å². The lowest BCUT2D eigenvalue weighted by Gasteiger charge is -2.35. The second-order valence-corrected chi connectivity index (χ2v) is 10.1. The van der Waals surface area contributed by atoms with Crippen molar-refractivity contribution < 1.29 is 24.2 Å². The Morgan fingerprint density at radius 2 is 1.60 bits per heavy atom. The molecule has 2 aromatic carbocycles. The van der Waals surface area contributed by atoms with Gasteiger partial charge in [0.25, 0.3) is 0 Å². The van der Waals surface area contributed by atoms with Crippen molar-refractivity contribution in [3.8, 4) is 11.1 Å². The Morgan fingerprint density at radius 1 is 0.971 bits per heavy atom. The highest BCUT2D eigenvalue weighted by molar-refractivity contribution is 5.81. The molecule has 1 unspecified atom stereocenters. The van der Waals surface area contributed by atoms with E-state index in [4.69, 9.17) is 4.74 Å². The first-order valence-corrected chi connectivity index (χ1v) is 12.6. The summed E-state index contributed by atoms with van der Waals surface area (Å²) in [6, 6.07) is 16.4. The molecule has 1 saturated heterocycles. The lowest BCUT2D eigenvalue weighted by atomic mass is 9.91. The van der Waals surface area contributed by atoms with E-state index in [0.29, 0.717) is 19.4 Å². The third kappa shape index (κ3) is 4.77. The average Bonchev–Trinajstić information content (AvgIpc) is 3.45. The number of hydrogen-bond donors (Lipinski definition) is 2. The molecule has 1 atom stereocenters. The third-order valence-electron chi connectivity index (χ3n) is 7.88. The van der Waals surface area contributed by atoms with Crippen molar-refractivity contribution in [3.63, 3.8) is 0 Å². The molecule has 2 aliphatic carbocycles. The number of carbonyl (C=O) groups is 3. The Morgan fingerprint density at radius 3 is 2.23 bits per heavy atom. The number of aliphatic carboxylic acids is 1. The van der Waals surface area contributed by atoms with Crippen LogP contribution in [0.3, 0.4) is 0 Å². The summed E-state index contributed by atoms with van der Waals surface area (Å²) in [7, 11) is 0. The van der Waals surface area contributed by atoms with Gasteiger partial charge < -0.3 is 20.1 Å². The van der Waals surface area contributed by atoms with E-state index >= 15 is 0 Å². The van der Waals surface area contributed by atoms with E-state index in [9.17, 15) is 19.5 Å². The Balaban J connectivity index is 1.23. The lowest BCUT2D eigenvalue weighted by Crippen LogP contribution is -2.51. The fourth-order valence-electron chi connectivity index (χ4n) is 6.06. The number of likely N-dealkylation sites (tertiary alicyclic amines) is 1. The quantitative estimate of drug-likeness (QED) is 0.638. The first-order chi connectivity index (χ1) is 17.0. The first kappa shape index (κ1) is 23.4. The van der Waals surface area contributed by atoms with Gasteiger partial charge in [-0.2, -0.15) is 0 Å². The fraction of sp³-hybridized carbons (Fsp3) is 0.464. The number of amides is 2. The number of rotatable bonds is 6. The second-order valence-electron chi connectivity index (χ2n) is 10.1. The van der Waals surface area contributed by atoms with Gasteiger partial charge >= 0.3 is 12.1 Å². The molecule has 7 nitrogen and oxygen atoms in total. The summed E-state index contributed by atoms with van der Waals surface area (Å²) < 4.78 is 5.75. The maximum absolute atomic E-state index is 13.1. The minimum atomic E-state index is -0.852. The van der Waals surface area contributed by atoms with Gasteiger partial charge in [-0.3, -0.25) is 9.59 Å². The summed E-state index contributed by atoms with van der Waals surface area (Å²) in [5.74, 6) is -1.47. The molecule has 2 aromatic rings. The number of ether oxygens (including phenoxy) is 1. The summed E-state index contributed by atoms with van der Waals surface area (Å²) in [6.45, 7) is 1.05. The molecule has 3 aliphatic rings. The molecule has 35 heavy (non-hydrogen) atoms. The standard InChI is InChI=1S/C28H32N2O5/c31-25(30-15-7-8-19(17-30)26(32)33)16-28(13-5-6-14-28)29-27(34)35-18-24-22-11-3-1-9-20(22)21-10-2-4-12-23(21)24/h1-4,9-12,19,24H,5-8,13-18H2,(H,29,34)(H,32,33). The van der Waals surface area contributed by atoms with Gasteiger partial charge in [-0.1, -0.05) is 61.4 Å². The van der Waals surface area contributed by atoms with Crippen LogP contribution in [0.2, 0.25) is 0 Å². The number of piperidine rings is 1. The molecule has 1 aliphatic heterocycles. The van der Waals surface area contributed by atoms with E-state index in [-0.39, 0.29) is 31.4 Å². The molecule has 2 fully saturated rings. The van der Waals surface area contributed by atoms with Crippen LogP contribution in [0, 0.1) is 5.92 Å². The van der Waals surface area contributed by atoms with Crippen molar-refractivity contribution in [1.29, 1.82) is 0 Å². The number of alkyl carbamates (subject to hydrolysis) is 1. The minimum Gasteiger partial charge on any atom is -0.481 e. The molecule has 1 heterocycles. The first-order valence-electron chi connectivity index (χ1n) is 12.6. The van der Waals surface area contributed by atoms with Crippen LogP contribution < -0.4 is 5.32 Å². The van der Waals surface area contributed by atoms with Gasteiger partial charge in [-0.15, -0.1) is 0 Å². The largest absolute Gasteiger partial charge is 0.481 e. The molecule has 0 aromatic heterocycles. The number of benzene rings is 2. The highest BCUT2D eigenvalue weighted by Gasteiger charge is 2.40. The molecule has 2 N–H and O–H groups in total. The zero-order valence-corrected chi connectivity index (χ0v) is 19.9. The lowest BCUT2D eigenvalue weighted by molar-refractivity contribution is -0.146. The van der Waals surface area contributed by atoms with Crippen molar-refractivity contribution in [2.24, 2.45) is 5.92 Å². The van der Waals surface area contributed by atoms with Crippen LogP contribution in [0.15, 0.2) is 48.5 Å². The number of nitrogens with zero attached hydrogens (tertiary/aromatic N) is 1. The van der Waals surface area contributed by atoms with Gasteiger partial charge in [-0.25, -0.2) is 4.79 Å². The Hall–Kier alpha value is -3.35. The Labute approximate surface area is 205 Å². The maximum Gasteiger partial charge on any atom is 0.407 e. The molecular formula is C28H32N2O5. The molecule has 5 rings (SSSR count). The Bertz CT molecular complexity index is 1080. The second kappa shape index (κ2) is 9.72. The van der Waals surface area contributed by atoms with E-state index in [1.54, 1.807) is 4.90 Å². The van der Waals surface area contributed by atoms with Crippen LogP contribution in [0.25, 0.3) is 11.1 Å². The highest BCUT2D eigenvalue weighted by atomic mass is 16.5. The number of carbonyl (C=O) groups excluding carboxylic acids is 2. The van der Waals surface area contributed by atoms with Crippen molar-refractivity contribution in [3.05, 3.63) is 59.7 Å². The van der Waals surface area contributed by atoms with Gasteiger partial charge in [0.2, 0.25) is 5.91 Å². The molecule has 1 saturated carbocycles. The van der Waals surface area contributed by atoms with Crippen molar-refractivity contribution >= 4 is 18.0 Å². The van der Waals surface area contributed by atoms with Gasteiger partial charge in [0.1, 0.15) is 6.61 Å². The smallest absolute Gasteiger partial charge is 0.407 e. The van der Waals surface area contributed by atoms with Gasteiger partial charge in [0.05, 0.1) is 17.9 Å². The minimum absolute atomic E-state index is 0.0180. The number of carboxylic acid groups (broad SMARTS) is 1. The van der Waals surface area contributed by atoms with Crippen LogP contribution in [-0.2, 0) is 14.3 Å². The summed E-state index contributed by atoms with van der Waals surface area (Å²) in [5.41, 5.74) is 4.04. The van der Waals surface area contributed by atoms with Crippen molar-refractivity contribution in [1.82, 2.24) is 10.2 Å². The molecule has 0 bridgehead atoms. The molecular weight excluding hydrogens is 444 g/mol. The van der Waals surface area contributed by atoms with E-state index in [0.717, 1.165) is 36.8 Å². The summed E-state index contributed by atoms with van der Waals surface area (Å²) in [5, 5.41) is 12.4. The van der Waals surface area contributed by atoms with E-state index < -0.39 is 23.5 Å². The molecule has 2 amide bonds. The van der Waals surface area contributed by atoms with Crippen LogP contribution in [-0.4, -0.2) is 53.2 Å². The normalized spacial score (nSPS) is 20.7. The van der Waals surface area contributed by atoms with E-state index in [2.05, 4.69) is 29.6 Å². The maximum atomic E-state index is 13.1. The van der Waals surface area contributed by atoms with Gasteiger partial charge in [0, 0.05) is 19.0 Å². The van der Waals surface area contributed by atoms with Crippen LogP contribution in [0.5, 0.6) is 0 Å². The monoisotopic (exact) mass is 476 g/mol. The predicted molar refractivity (Wildman–Crippen MR) is 131 cm³/mol. The van der Waals surface area contributed by atoms with Gasteiger partial charge in [0.15, 0.2) is 0 Å². The van der Waals surface area contributed by atoms with Gasteiger partial charge in [-0.05, 0) is 47.9 Å². The topological polar surface area (TPSA) is 95.9 Å². The van der Waals surface area contributed by atoms with Crippen LogP contribution in [0.4, 0.5) is 4.79 Å². The molecule has 184 valence electrons. The Kier molecular flexibility index (Phi) is 6.50. The number of hydrogen-bond acceptors (Lipinski definition) is 4. The molecule has 7 heteroatoms. The van der Waals surface area contributed by atoms with Crippen molar-refractivity contribution in [2.75, 3.05) is 19.7 Å². The predicted octanol–water partition coefficient (Wildman–Crippen LogP) is 4.55. The van der Waals surface area contributed by atoms with E-state index in [1.165, 1.54) is 11.1 Å². The SMILES string of the molecule is O=C(NC1(CC(=O)N2CCCC(C(=O)O)C2)CCCC1)OCC1c2ccccc2-c2ccccc21. The highest BCUT2D eigenvalue weighted by Crippen LogP contribution is 2.44. The average molecular weight is 477 g/mol. The zero-order valence-electron chi connectivity index (χ0n) is 19.9. The zero-order chi connectivity index (χ0) is 24.4. The number of carboxylic acids is 1.